The van der Waals surface area contributed by atoms with Crippen LogP contribution in [0.3, 0.4) is 0 Å². The maximum atomic E-state index is 11.9. The lowest BCUT2D eigenvalue weighted by molar-refractivity contribution is -0.123. The van der Waals surface area contributed by atoms with E-state index in [2.05, 4.69) is 42.3 Å². The van der Waals surface area contributed by atoms with Gasteiger partial charge in [-0.15, -0.1) is 0 Å². The fraction of sp³-hybridized carbons (Fsp3) is 0.300. The molecule has 2 aromatic carbocycles. The van der Waals surface area contributed by atoms with E-state index in [1.165, 1.54) is 5.56 Å². The van der Waals surface area contributed by atoms with Gasteiger partial charge in [0.1, 0.15) is 5.75 Å². The molecule has 0 spiro atoms. The van der Waals surface area contributed by atoms with Crippen LogP contribution in [0.25, 0.3) is 0 Å². The molecule has 138 valence electrons. The predicted molar refractivity (Wildman–Crippen MR) is 103 cm³/mol. The summed E-state index contributed by atoms with van der Waals surface area (Å²) in [5.74, 6) is -0.173. The largest absolute Gasteiger partial charge is 0.484 e. The van der Waals surface area contributed by atoms with Crippen molar-refractivity contribution < 1.29 is 14.3 Å². The van der Waals surface area contributed by atoms with E-state index in [0.29, 0.717) is 17.9 Å². The van der Waals surface area contributed by atoms with Gasteiger partial charge < -0.3 is 20.7 Å². The normalized spacial score (nSPS) is 10.2. The molecule has 26 heavy (non-hydrogen) atoms. The van der Waals surface area contributed by atoms with Crippen LogP contribution in [-0.4, -0.2) is 38.1 Å². The number of nitrogens with zero attached hydrogens (tertiary/aromatic N) is 1. The fourth-order valence-electron chi connectivity index (χ4n) is 2.54. The Morgan fingerprint density at radius 1 is 1.15 bits per heavy atom. The monoisotopic (exact) mass is 355 g/mol. The van der Waals surface area contributed by atoms with Gasteiger partial charge in [-0.1, -0.05) is 12.1 Å². The number of nitrogens with two attached hydrogens (primary N) is 1. The molecule has 2 amide bonds. The van der Waals surface area contributed by atoms with Gasteiger partial charge in [-0.25, -0.2) is 0 Å². The molecule has 3 N–H and O–H groups in total. The highest BCUT2D eigenvalue weighted by atomic mass is 16.5. The lowest BCUT2D eigenvalue weighted by atomic mass is 10.2. The Labute approximate surface area is 153 Å². The molecular formula is C20H25N3O3. The summed E-state index contributed by atoms with van der Waals surface area (Å²) in [6.45, 7) is 6.19. The smallest absolute Gasteiger partial charge is 0.258 e. The van der Waals surface area contributed by atoms with E-state index in [9.17, 15) is 9.59 Å². The number of hydrogen-bond acceptors (Lipinski definition) is 4. The second kappa shape index (κ2) is 9.46. The van der Waals surface area contributed by atoms with Gasteiger partial charge in [-0.2, -0.15) is 0 Å². The van der Waals surface area contributed by atoms with Crippen molar-refractivity contribution in [1.29, 1.82) is 0 Å². The summed E-state index contributed by atoms with van der Waals surface area (Å²) in [7, 11) is 0. The van der Waals surface area contributed by atoms with E-state index in [-0.39, 0.29) is 12.5 Å². The maximum absolute atomic E-state index is 11.9. The highest BCUT2D eigenvalue weighted by Crippen LogP contribution is 2.15. The lowest BCUT2D eigenvalue weighted by Gasteiger charge is -2.23. The molecule has 0 aliphatic heterocycles. The van der Waals surface area contributed by atoms with E-state index < -0.39 is 5.91 Å². The number of carbonyl (C=O) groups is 2. The minimum atomic E-state index is -0.497. The number of rotatable bonds is 9. The molecule has 0 radical (unpaired) electrons. The molecular weight excluding hydrogens is 330 g/mol. The van der Waals surface area contributed by atoms with E-state index >= 15 is 0 Å². The van der Waals surface area contributed by atoms with Crippen LogP contribution in [0.4, 0.5) is 5.69 Å². The Bertz CT molecular complexity index is 744. The SMILES string of the molecule is CCN(CCNC(=O)COc1ccc(C(N)=O)cc1)c1cccc(C)c1. The molecule has 6 nitrogen and oxygen atoms in total. The highest BCUT2D eigenvalue weighted by molar-refractivity contribution is 5.92. The number of anilines is 1. The van der Waals surface area contributed by atoms with Gasteiger partial charge in [0.2, 0.25) is 5.91 Å². The number of carbonyl (C=O) groups excluding carboxylic acids is 2. The van der Waals surface area contributed by atoms with Crippen LogP contribution in [0.2, 0.25) is 0 Å². The molecule has 0 aliphatic rings. The van der Waals surface area contributed by atoms with Crippen molar-refractivity contribution in [3.05, 3.63) is 59.7 Å². The number of ether oxygens (including phenoxy) is 1. The van der Waals surface area contributed by atoms with Gasteiger partial charge in [0.15, 0.2) is 6.61 Å². The Hall–Kier alpha value is -3.02. The molecule has 6 heteroatoms. The summed E-state index contributed by atoms with van der Waals surface area (Å²) in [5.41, 5.74) is 7.93. The summed E-state index contributed by atoms with van der Waals surface area (Å²) in [5, 5.41) is 2.85. The van der Waals surface area contributed by atoms with Crippen molar-refractivity contribution >= 4 is 17.5 Å². The summed E-state index contributed by atoms with van der Waals surface area (Å²) < 4.78 is 5.41. The zero-order chi connectivity index (χ0) is 18.9. The van der Waals surface area contributed by atoms with Crippen molar-refractivity contribution in [2.75, 3.05) is 31.1 Å². The van der Waals surface area contributed by atoms with Gasteiger partial charge in [0.25, 0.3) is 5.91 Å². The molecule has 2 rings (SSSR count). The molecule has 0 fully saturated rings. The van der Waals surface area contributed by atoms with Crippen molar-refractivity contribution in [2.45, 2.75) is 13.8 Å². The van der Waals surface area contributed by atoms with Crippen LogP contribution in [0.15, 0.2) is 48.5 Å². The first kappa shape index (κ1) is 19.3. The number of amides is 2. The molecule has 0 unspecified atom stereocenters. The minimum Gasteiger partial charge on any atom is -0.484 e. The van der Waals surface area contributed by atoms with Gasteiger partial charge in [0.05, 0.1) is 0 Å². The van der Waals surface area contributed by atoms with Crippen LogP contribution in [-0.2, 0) is 4.79 Å². The quantitative estimate of drug-likeness (QED) is 0.721. The van der Waals surface area contributed by atoms with Crippen LogP contribution in [0, 0.1) is 6.92 Å². The number of nitrogens with one attached hydrogen (secondary N) is 1. The topological polar surface area (TPSA) is 84.7 Å². The molecule has 0 saturated heterocycles. The fourth-order valence-corrected chi connectivity index (χ4v) is 2.54. The maximum Gasteiger partial charge on any atom is 0.258 e. The number of likely N-dealkylation sites (N-methyl/N-ethyl adjacent to an activating group) is 1. The summed E-state index contributed by atoms with van der Waals surface area (Å²) in [6, 6.07) is 14.7. The average molecular weight is 355 g/mol. The summed E-state index contributed by atoms with van der Waals surface area (Å²) in [6.07, 6.45) is 0. The van der Waals surface area contributed by atoms with Gasteiger partial charge in [-0.05, 0) is 55.8 Å². The third-order valence-electron chi connectivity index (χ3n) is 3.96. The highest BCUT2D eigenvalue weighted by Gasteiger charge is 2.07. The Morgan fingerprint density at radius 3 is 2.50 bits per heavy atom. The minimum absolute atomic E-state index is 0.0769. The number of aryl methyl sites for hydroxylation is 1. The van der Waals surface area contributed by atoms with Crippen LogP contribution in [0.5, 0.6) is 5.75 Å². The zero-order valence-electron chi connectivity index (χ0n) is 15.2. The Morgan fingerprint density at radius 2 is 1.88 bits per heavy atom. The lowest BCUT2D eigenvalue weighted by Crippen LogP contribution is -2.37. The molecule has 0 atom stereocenters. The zero-order valence-corrected chi connectivity index (χ0v) is 15.2. The van der Waals surface area contributed by atoms with Crippen molar-refractivity contribution in [1.82, 2.24) is 5.32 Å². The molecule has 0 heterocycles. The second-order valence-electron chi connectivity index (χ2n) is 5.95. The summed E-state index contributed by atoms with van der Waals surface area (Å²) >= 11 is 0. The standard InChI is InChI=1S/C20H25N3O3/c1-3-23(17-6-4-5-15(2)13-17)12-11-22-19(24)14-26-18-9-7-16(8-10-18)20(21)25/h4-10,13H,3,11-12,14H2,1-2H3,(H2,21,25)(H,22,24). The third-order valence-corrected chi connectivity index (χ3v) is 3.96. The molecule has 0 aliphatic carbocycles. The van der Waals surface area contributed by atoms with E-state index in [0.717, 1.165) is 18.8 Å². The Balaban J connectivity index is 1.75. The van der Waals surface area contributed by atoms with Gasteiger partial charge in [0, 0.05) is 30.9 Å². The predicted octanol–water partition coefficient (Wildman–Crippen LogP) is 2.12. The first-order valence-electron chi connectivity index (χ1n) is 8.60. The average Bonchev–Trinajstić information content (AvgIpc) is 2.64. The first-order valence-corrected chi connectivity index (χ1v) is 8.60. The molecule has 0 aromatic heterocycles. The number of hydrogen-bond donors (Lipinski definition) is 2. The first-order chi connectivity index (χ1) is 12.5. The summed E-state index contributed by atoms with van der Waals surface area (Å²) in [4.78, 5) is 25.1. The van der Waals surface area contributed by atoms with Crippen molar-refractivity contribution in [3.8, 4) is 5.75 Å². The van der Waals surface area contributed by atoms with E-state index in [1.807, 2.05) is 6.07 Å². The molecule has 0 bridgehead atoms. The van der Waals surface area contributed by atoms with E-state index in [1.54, 1.807) is 24.3 Å². The van der Waals surface area contributed by atoms with Crippen LogP contribution in [0.1, 0.15) is 22.8 Å². The molecule has 2 aromatic rings. The van der Waals surface area contributed by atoms with E-state index in [4.69, 9.17) is 10.5 Å². The van der Waals surface area contributed by atoms with Crippen molar-refractivity contribution in [2.24, 2.45) is 5.73 Å². The number of benzene rings is 2. The van der Waals surface area contributed by atoms with Crippen molar-refractivity contribution in [3.63, 3.8) is 0 Å². The molecule has 0 saturated carbocycles. The van der Waals surface area contributed by atoms with Crippen LogP contribution < -0.4 is 20.7 Å². The van der Waals surface area contributed by atoms with Crippen LogP contribution >= 0.6 is 0 Å². The van der Waals surface area contributed by atoms with Gasteiger partial charge >= 0.3 is 0 Å². The second-order valence-corrected chi connectivity index (χ2v) is 5.95. The van der Waals surface area contributed by atoms with Gasteiger partial charge in [-0.3, -0.25) is 9.59 Å². The third kappa shape index (κ3) is 5.81. The number of primary amides is 1. The Kier molecular flexibility index (Phi) is 7.02.